The number of carbonyl (C=O) groups is 2. The van der Waals surface area contributed by atoms with Crippen molar-refractivity contribution in [2.45, 2.75) is 159 Å². The van der Waals surface area contributed by atoms with Gasteiger partial charge in [0.25, 0.3) is 0 Å². The molecule has 14 heteroatoms. The van der Waals surface area contributed by atoms with E-state index in [0.29, 0.717) is 47.9 Å². The highest BCUT2D eigenvalue weighted by Gasteiger charge is 2.19. The zero-order chi connectivity index (χ0) is 57.2. The lowest BCUT2D eigenvalue weighted by Gasteiger charge is -2.22. The normalized spacial score (nSPS) is 12.8. The molecule has 6 aromatic carbocycles. The highest BCUT2D eigenvalue weighted by molar-refractivity contribution is 5.79. The third-order valence-electron chi connectivity index (χ3n) is 13.1. The Balaban J connectivity index is 0.000000210. The van der Waals surface area contributed by atoms with Gasteiger partial charge >= 0.3 is 0 Å². The molecule has 0 fully saturated rings. The number of ether oxygens (including phenoxy) is 2. The second-order valence-corrected chi connectivity index (χ2v) is 22.0. The summed E-state index contributed by atoms with van der Waals surface area (Å²) in [5.41, 5.74) is 8.83. The van der Waals surface area contributed by atoms with Gasteiger partial charge in [-0.3, -0.25) is 9.59 Å². The van der Waals surface area contributed by atoms with Gasteiger partial charge in [0.05, 0.1) is 0 Å². The Kier molecular flexibility index (Phi) is 22.4. The molecule has 0 spiro atoms. The summed E-state index contributed by atoms with van der Waals surface area (Å²) >= 11 is 0. The van der Waals surface area contributed by atoms with Crippen molar-refractivity contribution >= 4 is 33.9 Å². The van der Waals surface area contributed by atoms with Gasteiger partial charge in [-0.2, -0.15) is 0 Å². The SMILES string of the molecule is CCC(C)C(=O)NC(C)(C)C.CCC(C)C(=O)NC(C)(C)C.CCC(C)c1ccc(COc2ccc(-n3nc4ccccc4n3)c(O)c2)cc1.CCC(C)c1ccc(COc2ccc(-n3nc4ccccc4n3)c(O)c2)cc1. The molecular weight excluding hydrogens is 977 g/mol. The fourth-order valence-electron chi connectivity index (χ4n) is 7.51. The molecule has 0 aliphatic rings. The number of nitrogens with zero attached hydrogens (tertiary/aromatic N) is 6. The average Bonchev–Trinajstić information content (AvgIpc) is 4.07. The number of rotatable bonds is 16. The van der Waals surface area contributed by atoms with Crippen LogP contribution >= 0.6 is 0 Å². The predicted octanol–water partition coefficient (Wildman–Crippen LogP) is 14.3. The van der Waals surface area contributed by atoms with E-state index in [4.69, 9.17) is 9.47 Å². The van der Waals surface area contributed by atoms with Gasteiger partial charge in [-0.15, -0.1) is 30.0 Å². The maximum atomic E-state index is 11.3. The third kappa shape index (κ3) is 18.8. The molecule has 0 aliphatic carbocycles. The highest BCUT2D eigenvalue weighted by atomic mass is 16.5. The van der Waals surface area contributed by atoms with Crippen LogP contribution in [0.1, 0.15) is 157 Å². The van der Waals surface area contributed by atoms with Crippen LogP contribution < -0.4 is 20.1 Å². The molecule has 0 aliphatic heterocycles. The van der Waals surface area contributed by atoms with E-state index >= 15 is 0 Å². The second kappa shape index (κ2) is 28.6. The largest absolute Gasteiger partial charge is 0.505 e. The van der Waals surface area contributed by atoms with Crippen LogP contribution in [0.5, 0.6) is 23.0 Å². The van der Waals surface area contributed by atoms with Gasteiger partial charge in [0.2, 0.25) is 11.8 Å². The fourth-order valence-corrected chi connectivity index (χ4v) is 7.51. The first kappa shape index (κ1) is 61.1. The number of fused-ring (bicyclic) bond motifs is 2. The average molecular weight is 1060 g/mol. The van der Waals surface area contributed by atoms with E-state index in [1.165, 1.54) is 20.7 Å². The lowest BCUT2D eigenvalue weighted by Crippen LogP contribution is -2.43. The van der Waals surface area contributed by atoms with E-state index in [9.17, 15) is 19.8 Å². The summed E-state index contributed by atoms with van der Waals surface area (Å²) in [6.45, 7) is 29.6. The smallest absolute Gasteiger partial charge is 0.223 e. The van der Waals surface area contributed by atoms with Crippen LogP contribution in [0.15, 0.2) is 133 Å². The minimum absolute atomic E-state index is 0.0740. The standard InChI is InChI=1S/2C23H23N3O2.2C9H19NO/c2*1-3-16(2)18-10-8-17(9-11-18)15-28-19-12-13-22(23(27)14-19)26-24-20-6-4-5-7-21(20)25-26;2*1-6-7(2)8(11)10-9(3,4)5/h2*4-14,16,27H,3,15H2,1-2H3;2*7H,6H2,1-5H3,(H,10,11). The Morgan fingerprint density at radius 1 is 0.474 bits per heavy atom. The summed E-state index contributed by atoms with van der Waals surface area (Å²) in [6, 6.07) is 42.5. The Morgan fingerprint density at radius 2 is 0.782 bits per heavy atom. The van der Waals surface area contributed by atoms with Gasteiger partial charge in [-0.1, -0.05) is 128 Å². The van der Waals surface area contributed by atoms with E-state index in [1.807, 2.05) is 130 Å². The first-order valence-corrected chi connectivity index (χ1v) is 27.4. The highest BCUT2D eigenvalue weighted by Crippen LogP contribution is 2.30. The first-order chi connectivity index (χ1) is 37.0. The van der Waals surface area contributed by atoms with E-state index in [1.54, 1.807) is 24.3 Å². The van der Waals surface area contributed by atoms with Gasteiger partial charge in [0, 0.05) is 35.0 Å². The lowest BCUT2D eigenvalue weighted by molar-refractivity contribution is -0.126. The summed E-state index contributed by atoms with van der Waals surface area (Å²) in [6.07, 6.45) is 4.06. The van der Waals surface area contributed by atoms with Crippen LogP contribution in [-0.2, 0) is 22.8 Å². The van der Waals surface area contributed by atoms with Gasteiger partial charge in [-0.05, 0) is 150 Å². The van der Waals surface area contributed by atoms with Crippen LogP contribution in [0.4, 0.5) is 0 Å². The molecular formula is C64H84N8O6. The summed E-state index contributed by atoms with van der Waals surface area (Å²) < 4.78 is 11.7. The molecule has 14 nitrogen and oxygen atoms in total. The van der Waals surface area contributed by atoms with Gasteiger partial charge in [0.15, 0.2) is 0 Å². The molecule has 8 rings (SSSR count). The minimum Gasteiger partial charge on any atom is -0.505 e. The number of aromatic hydroxyl groups is 2. The topological polar surface area (TPSA) is 179 Å². The summed E-state index contributed by atoms with van der Waals surface area (Å²) in [5, 5.41) is 44.3. The molecule has 2 amide bonds. The number of hydrogen-bond acceptors (Lipinski definition) is 10. The molecule has 4 N–H and O–H groups in total. The maximum absolute atomic E-state index is 11.3. The molecule has 2 heterocycles. The summed E-state index contributed by atoms with van der Waals surface area (Å²) in [7, 11) is 0. The zero-order valence-corrected chi connectivity index (χ0v) is 48.5. The first-order valence-electron chi connectivity index (χ1n) is 27.4. The zero-order valence-electron chi connectivity index (χ0n) is 48.5. The van der Waals surface area contributed by atoms with Crippen LogP contribution in [0.25, 0.3) is 33.4 Å². The minimum atomic E-state index is -0.0967. The van der Waals surface area contributed by atoms with Crippen LogP contribution in [0.3, 0.4) is 0 Å². The molecule has 0 bridgehead atoms. The molecule has 0 saturated heterocycles. The molecule has 4 unspecified atom stereocenters. The molecule has 4 atom stereocenters. The number of carbonyl (C=O) groups excluding carboxylic acids is 2. The van der Waals surface area contributed by atoms with Crippen molar-refractivity contribution in [1.29, 1.82) is 0 Å². The molecule has 0 saturated carbocycles. The van der Waals surface area contributed by atoms with Crippen molar-refractivity contribution in [3.8, 4) is 34.4 Å². The predicted molar refractivity (Wildman–Crippen MR) is 315 cm³/mol. The van der Waals surface area contributed by atoms with E-state index in [2.05, 4.69) is 107 Å². The number of hydrogen-bond donors (Lipinski definition) is 4. The maximum Gasteiger partial charge on any atom is 0.223 e. The molecule has 0 radical (unpaired) electrons. The van der Waals surface area contributed by atoms with Crippen LogP contribution in [-0.4, -0.2) is 63.1 Å². The third-order valence-corrected chi connectivity index (χ3v) is 13.1. The number of phenolic OH excluding ortho intramolecular Hbond substituents is 2. The molecule has 8 aromatic rings. The van der Waals surface area contributed by atoms with E-state index in [-0.39, 0.29) is 46.2 Å². The Bertz CT molecular complexity index is 2860. The second-order valence-electron chi connectivity index (χ2n) is 22.0. The van der Waals surface area contributed by atoms with Crippen molar-refractivity contribution in [2.24, 2.45) is 11.8 Å². The number of amides is 2. The monoisotopic (exact) mass is 1060 g/mol. The van der Waals surface area contributed by atoms with Gasteiger partial charge in [-0.25, -0.2) is 0 Å². The van der Waals surface area contributed by atoms with E-state index < -0.39 is 0 Å². The number of benzene rings is 6. The summed E-state index contributed by atoms with van der Waals surface area (Å²) in [5.74, 6) is 3.05. The fraction of sp³-hybridized carbons (Fsp3) is 0.406. The summed E-state index contributed by atoms with van der Waals surface area (Å²) in [4.78, 5) is 25.4. The quantitative estimate of drug-likeness (QED) is 0.0728. The van der Waals surface area contributed by atoms with Crippen molar-refractivity contribution in [3.05, 3.63) is 156 Å². The van der Waals surface area contributed by atoms with Crippen molar-refractivity contribution in [1.82, 2.24) is 40.6 Å². The van der Waals surface area contributed by atoms with Gasteiger partial charge < -0.3 is 30.3 Å². The van der Waals surface area contributed by atoms with Crippen molar-refractivity contribution in [2.75, 3.05) is 0 Å². The van der Waals surface area contributed by atoms with E-state index in [0.717, 1.165) is 58.9 Å². The Hall–Kier alpha value is -7.74. The molecule has 78 heavy (non-hydrogen) atoms. The van der Waals surface area contributed by atoms with Crippen molar-refractivity contribution < 1.29 is 29.3 Å². The van der Waals surface area contributed by atoms with Crippen molar-refractivity contribution in [3.63, 3.8) is 0 Å². The van der Waals surface area contributed by atoms with Crippen LogP contribution in [0, 0.1) is 11.8 Å². The number of aromatic nitrogens is 6. The lowest BCUT2D eigenvalue weighted by atomic mass is 9.98. The number of nitrogens with one attached hydrogen (secondary N) is 2. The Morgan fingerprint density at radius 3 is 1.04 bits per heavy atom. The molecule has 416 valence electrons. The molecule has 2 aromatic heterocycles. The number of phenols is 2. The van der Waals surface area contributed by atoms with Gasteiger partial charge in [0.1, 0.15) is 69.7 Å². The Labute approximate surface area is 462 Å². The van der Waals surface area contributed by atoms with Crippen LogP contribution in [0.2, 0.25) is 0 Å².